The fraction of sp³-hybridized carbons (Fsp3) is 0.344. The van der Waals surface area contributed by atoms with Gasteiger partial charge >= 0.3 is 0 Å². The molecular weight excluding hydrogens is 544 g/mol. The third-order valence-corrected chi connectivity index (χ3v) is 8.00. The average Bonchev–Trinajstić information content (AvgIpc) is 3.47. The summed E-state index contributed by atoms with van der Waals surface area (Å²) in [6, 6.07) is 13.8. The normalized spacial score (nSPS) is 19.2. The third kappa shape index (κ3) is 6.58. The number of aromatic amines is 1. The molecule has 0 bridgehead atoms. The summed E-state index contributed by atoms with van der Waals surface area (Å²) in [6.07, 6.45) is 6.51. The smallest absolute Gasteiger partial charge is 0.274 e. The second-order valence-electron chi connectivity index (χ2n) is 11.1. The summed E-state index contributed by atoms with van der Waals surface area (Å²) in [5.41, 5.74) is 4.71. The monoisotopic (exact) mass is 580 g/mol. The third-order valence-electron chi connectivity index (χ3n) is 8.00. The van der Waals surface area contributed by atoms with Crippen LogP contribution in [0.2, 0.25) is 0 Å². The molecule has 2 fully saturated rings. The maximum Gasteiger partial charge on any atom is 0.274 e. The minimum absolute atomic E-state index is 0.0969. The van der Waals surface area contributed by atoms with Gasteiger partial charge in [-0.15, -0.1) is 0 Å². The Morgan fingerprint density at radius 1 is 1.14 bits per heavy atom. The van der Waals surface area contributed by atoms with Crippen molar-refractivity contribution in [1.29, 1.82) is 0 Å². The number of carbonyl (C=O) groups excluding carboxylic acids is 2. The number of H-pyrrole nitrogens is 1. The van der Waals surface area contributed by atoms with Gasteiger partial charge in [0.2, 0.25) is 5.91 Å². The van der Waals surface area contributed by atoms with Gasteiger partial charge in [0.1, 0.15) is 23.5 Å². The van der Waals surface area contributed by atoms with Gasteiger partial charge in [0.15, 0.2) is 0 Å². The van der Waals surface area contributed by atoms with E-state index in [2.05, 4.69) is 59.9 Å². The lowest BCUT2D eigenvalue weighted by atomic mass is 10.0. The number of pyridine rings is 1. The Kier molecular flexibility index (Phi) is 8.43. The first kappa shape index (κ1) is 28.5. The van der Waals surface area contributed by atoms with Gasteiger partial charge in [0.25, 0.3) is 5.91 Å². The Hall–Kier alpha value is -4.61. The molecule has 2 aliphatic rings. The molecule has 4 aromatic rings. The van der Waals surface area contributed by atoms with E-state index in [1.165, 1.54) is 6.08 Å². The fourth-order valence-electron chi connectivity index (χ4n) is 5.81. The summed E-state index contributed by atoms with van der Waals surface area (Å²) in [5, 5.41) is 6.92. The van der Waals surface area contributed by atoms with Gasteiger partial charge in [0, 0.05) is 43.3 Å². The van der Waals surface area contributed by atoms with Crippen molar-refractivity contribution in [2.45, 2.75) is 38.4 Å². The molecular formula is C32H36N8O3. The molecule has 2 unspecified atom stereocenters. The van der Waals surface area contributed by atoms with Gasteiger partial charge in [0.05, 0.1) is 24.6 Å². The van der Waals surface area contributed by atoms with E-state index >= 15 is 0 Å². The summed E-state index contributed by atoms with van der Waals surface area (Å²) < 4.78 is 5.60. The maximum atomic E-state index is 13.1. The SMILES string of the molecule is C=CC(=O)NC1CCCN(Cc2ccnc(C(=O)Nc3ccc(-c4cc5c(N6CCOCC6C)ncnc5[nH]4)cc3)c2)C1. The Bertz CT molecular complexity index is 1620. The number of aromatic nitrogens is 4. The number of fused-ring (bicyclic) bond motifs is 1. The van der Waals surface area contributed by atoms with Crippen LogP contribution in [0.15, 0.2) is 67.6 Å². The number of hydrogen-bond acceptors (Lipinski definition) is 8. The van der Waals surface area contributed by atoms with Crippen molar-refractivity contribution in [3.05, 3.63) is 78.9 Å². The lowest BCUT2D eigenvalue weighted by Crippen LogP contribution is -2.46. The Balaban J connectivity index is 1.10. The molecule has 222 valence electrons. The van der Waals surface area contributed by atoms with E-state index in [1.807, 2.05) is 36.4 Å². The number of benzene rings is 1. The van der Waals surface area contributed by atoms with Crippen LogP contribution in [0.4, 0.5) is 11.5 Å². The molecule has 11 heteroatoms. The highest BCUT2D eigenvalue weighted by atomic mass is 16.5. The molecule has 2 amide bonds. The van der Waals surface area contributed by atoms with Gasteiger partial charge in [-0.25, -0.2) is 9.97 Å². The summed E-state index contributed by atoms with van der Waals surface area (Å²) in [7, 11) is 0. The second kappa shape index (κ2) is 12.7. The first-order valence-electron chi connectivity index (χ1n) is 14.7. The largest absolute Gasteiger partial charge is 0.377 e. The van der Waals surface area contributed by atoms with E-state index in [0.29, 0.717) is 31.1 Å². The molecule has 43 heavy (non-hydrogen) atoms. The molecule has 2 aliphatic heterocycles. The minimum Gasteiger partial charge on any atom is -0.377 e. The number of nitrogens with one attached hydrogen (secondary N) is 3. The number of ether oxygens (including phenoxy) is 1. The van der Waals surface area contributed by atoms with Crippen molar-refractivity contribution >= 4 is 34.4 Å². The van der Waals surface area contributed by atoms with Crippen LogP contribution in [0, 0.1) is 0 Å². The zero-order valence-electron chi connectivity index (χ0n) is 24.3. The zero-order chi connectivity index (χ0) is 29.8. The van der Waals surface area contributed by atoms with Crippen molar-refractivity contribution in [2.75, 3.05) is 43.1 Å². The van der Waals surface area contributed by atoms with Crippen molar-refractivity contribution in [2.24, 2.45) is 0 Å². The number of likely N-dealkylation sites (tertiary alicyclic amines) is 1. The number of carbonyl (C=O) groups is 2. The van der Waals surface area contributed by atoms with E-state index in [4.69, 9.17) is 4.74 Å². The zero-order valence-corrected chi connectivity index (χ0v) is 24.3. The first-order chi connectivity index (χ1) is 21.0. The molecule has 0 aliphatic carbocycles. The molecule has 3 aromatic heterocycles. The molecule has 3 N–H and O–H groups in total. The Morgan fingerprint density at radius 3 is 2.81 bits per heavy atom. The number of hydrogen-bond donors (Lipinski definition) is 3. The van der Waals surface area contributed by atoms with E-state index in [-0.39, 0.29) is 23.9 Å². The number of anilines is 2. The molecule has 11 nitrogen and oxygen atoms in total. The Labute approximate surface area is 250 Å². The number of amides is 2. The van der Waals surface area contributed by atoms with Crippen LogP contribution >= 0.6 is 0 Å². The predicted molar refractivity (Wildman–Crippen MR) is 166 cm³/mol. The average molecular weight is 581 g/mol. The molecule has 0 saturated carbocycles. The van der Waals surface area contributed by atoms with Crippen LogP contribution in [0.3, 0.4) is 0 Å². The Morgan fingerprint density at radius 2 is 2.00 bits per heavy atom. The van der Waals surface area contributed by atoms with E-state index in [9.17, 15) is 9.59 Å². The molecule has 0 spiro atoms. The van der Waals surface area contributed by atoms with Gasteiger partial charge in [-0.3, -0.25) is 19.5 Å². The van der Waals surface area contributed by atoms with Crippen LogP contribution in [0.25, 0.3) is 22.3 Å². The van der Waals surface area contributed by atoms with Crippen LogP contribution in [-0.2, 0) is 16.1 Å². The van der Waals surface area contributed by atoms with Crippen LogP contribution in [0.5, 0.6) is 0 Å². The number of rotatable bonds is 8. The van der Waals surface area contributed by atoms with Crippen molar-refractivity contribution in [1.82, 2.24) is 30.2 Å². The topological polar surface area (TPSA) is 128 Å². The van der Waals surface area contributed by atoms with Crippen molar-refractivity contribution in [3.8, 4) is 11.3 Å². The lowest BCUT2D eigenvalue weighted by molar-refractivity contribution is -0.117. The standard InChI is InChI=1S/C32H36N8O3/c1-3-29(41)36-25-5-4-12-39(18-25)17-22-10-11-33-28(15-22)32(42)37-24-8-6-23(7-9-24)27-16-26-30(38-27)34-20-35-31(26)40-13-14-43-19-21(40)2/h3,6-11,15-16,20-21,25H,1,4-5,12-14,17-19H2,2H3,(H,36,41)(H,37,42)(H,34,35,38). The maximum absolute atomic E-state index is 13.1. The summed E-state index contributed by atoms with van der Waals surface area (Å²) in [6.45, 7) is 10.2. The van der Waals surface area contributed by atoms with Gasteiger partial charge < -0.3 is 25.3 Å². The summed E-state index contributed by atoms with van der Waals surface area (Å²) >= 11 is 0. The minimum atomic E-state index is -0.269. The predicted octanol–water partition coefficient (Wildman–Crippen LogP) is 3.76. The van der Waals surface area contributed by atoms with E-state index < -0.39 is 0 Å². The summed E-state index contributed by atoms with van der Waals surface area (Å²) in [5.74, 6) is 0.488. The van der Waals surface area contributed by atoms with Gasteiger partial charge in [-0.05, 0) is 73.8 Å². The van der Waals surface area contributed by atoms with E-state index in [1.54, 1.807) is 12.5 Å². The van der Waals surface area contributed by atoms with Crippen molar-refractivity contribution in [3.63, 3.8) is 0 Å². The second-order valence-corrected chi connectivity index (χ2v) is 11.1. The molecule has 2 saturated heterocycles. The number of morpholine rings is 1. The van der Waals surface area contributed by atoms with Gasteiger partial charge in [-0.2, -0.15) is 0 Å². The molecule has 6 rings (SSSR count). The quantitative estimate of drug-likeness (QED) is 0.269. The number of nitrogens with zero attached hydrogens (tertiary/aromatic N) is 5. The molecule has 2 atom stereocenters. The van der Waals surface area contributed by atoms with Crippen LogP contribution < -0.4 is 15.5 Å². The molecule has 0 radical (unpaired) electrons. The highest BCUT2D eigenvalue weighted by Crippen LogP contribution is 2.31. The number of piperidine rings is 1. The lowest BCUT2D eigenvalue weighted by Gasteiger charge is -2.34. The fourth-order valence-corrected chi connectivity index (χ4v) is 5.81. The highest BCUT2D eigenvalue weighted by Gasteiger charge is 2.24. The molecule has 5 heterocycles. The van der Waals surface area contributed by atoms with Gasteiger partial charge in [-0.1, -0.05) is 18.7 Å². The highest BCUT2D eigenvalue weighted by molar-refractivity contribution is 6.03. The first-order valence-corrected chi connectivity index (χ1v) is 14.7. The van der Waals surface area contributed by atoms with Crippen LogP contribution in [-0.4, -0.2) is 81.6 Å². The van der Waals surface area contributed by atoms with Crippen molar-refractivity contribution < 1.29 is 14.3 Å². The van der Waals surface area contributed by atoms with E-state index in [0.717, 1.165) is 66.1 Å². The van der Waals surface area contributed by atoms with Crippen LogP contribution in [0.1, 0.15) is 35.8 Å². The summed E-state index contributed by atoms with van der Waals surface area (Å²) in [4.78, 5) is 46.1. The molecule has 1 aromatic carbocycles.